The van der Waals surface area contributed by atoms with Gasteiger partial charge in [0.2, 0.25) is 0 Å². The first kappa shape index (κ1) is 17.0. The van der Waals surface area contributed by atoms with E-state index in [9.17, 15) is 5.11 Å². The molecule has 0 fully saturated rings. The molecule has 126 valence electrons. The molecule has 0 unspecified atom stereocenters. The highest BCUT2D eigenvalue weighted by Crippen LogP contribution is 2.43. The van der Waals surface area contributed by atoms with E-state index in [0.717, 1.165) is 22.3 Å². The van der Waals surface area contributed by atoms with Crippen molar-refractivity contribution in [3.8, 4) is 5.75 Å². The van der Waals surface area contributed by atoms with Gasteiger partial charge in [0.05, 0.1) is 0 Å². The van der Waals surface area contributed by atoms with Gasteiger partial charge < -0.3 is 5.11 Å². The fourth-order valence-corrected chi connectivity index (χ4v) is 3.28. The fraction of sp³-hybridized carbons (Fsp3) is 0.174. The molecule has 0 aliphatic rings. The van der Waals surface area contributed by atoms with E-state index in [1.807, 2.05) is 61.5 Å². The number of rotatable bonds is 5. The van der Waals surface area contributed by atoms with Crippen LogP contribution in [0.5, 0.6) is 5.75 Å². The quantitative estimate of drug-likeness (QED) is 0.507. The predicted octanol–water partition coefficient (Wildman–Crippen LogP) is 5.19. The molecular formula is C23H23NO. The predicted molar refractivity (Wildman–Crippen MR) is 105 cm³/mol. The molecule has 25 heavy (non-hydrogen) atoms. The second kappa shape index (κ2) is 7.35. The summed E-state index contributed by atoms with van der Waals surface area (Å²) >= 11 is 0. The summed E-state index contributed by atoms with van der Waals surface area (Å²) in [5.41, 5.74) is 3.45. The molecule has 0 atom stereocenters. The smallest absolute Gasteiger partial charge is 0.128 e. The Kier molecular flexibility index (Phi) is 4.99. The molecule has 2 nitrogen and oxygen atoms in total. The lowest BCUT2D eigenvalue weighted by Gasteiger charge is -2.32. The third kappa shape index (κ3) is 3.20. The SMILES string of the molecule is CCN=Cc1cccc(C(C)(c2ccccc2)c2ccccc2)c1O. The molecule has 0 bridgehead atoms. The zero-order chi connectivity index (χ0) is 17.7. The molecule has 0 spiro atoms. The maximum absolute atomic E-state index is 11.0. The molecule has 0 amide bonds. The van der Waals surface area contributed by atoms with Crippen molar-refractivity contribution >= 4 is 6.21 Å². The number of phenolic OH excluding ortho intramolecular Hbond substituents is 1. The first-order valence-corrected chi connectivity index (χ1v) is 8.61. The Morgan fingerprint density at radius 1 is 0.840 bits per heavy atom. The molecule has 0 saturated heterocycles. The molecule has 0 heterocycles. The van der Waals surface area contributed by atoms with Gasteiger partial charge in [0.15, 0.2) is 0 Å². The van der Waals surface area contributed by atoms with Crippen molar-refractivity contribution in [1.82, 2.24) is 0 Å². The highest BCUT2D eigenvalue weighted by Gasteiger charge is 2.33. The van der Waals surface area contributed by atoms with E-state index in [4.69, 9.17) is 0 Å². The van der Waals surface area contributed by atoms with E-state index in [1.165, 1.54) is 0 Å². The molecule has 0 aliphatic heterocycles. The van der Waals surface area contributed by atoms with Crippen LogP contribution in [0.4, 0.5) is 0 Å². The monoisotopic (exact) mass is 329 g/mol. The Morgan fingerprint density at radius 3 is 1.92 bits per heavy atom. The van der Waals surface area contributed by atoms with E-state index in [0.29, 0.717) is 6.54 Å². The Labute approximate surface area is 149 Å². The van der Waals surface area contributed by atoms with Crippen molar-refractivity contribution in [2.75, 3.05) is 6.54 Å². The highest BCUT2D eigenvalue weighted by molar-refractivity contribution is 5.84. The molecule has 1 N–H and O–H groups in total. The van der Waals surface area contributed by atoms with Crippen LogP contribution in [0.2, 0.25) is 0 Å². The van der Waals surface area contributed by atoms with Crippen LogP contribution < -0.4 is 0 Å². The third-order valence-corrected chi connectivity index (χ3v) is 4.72. The number of nitrogens with zero attached hydrogens (tertiary/aromatic N) is 1. The Balaban J connectivity index is 2.26. The number of para-hydroxylation sites is 1. The minimum atomic E-state index is -0.456. The average molecular weight is 329 g/mol. The van der Waals surface area contributed by atoms with E-state index < -0.39 is 5.41 Å². The third-order valence-electron chi connectivity index (χ3n) is 4.72. The molecule has 3 aromatic carbocycles. The number of aromatic hydroxyl groups is 1. The van der Waals surface area contributed by atoms with Gasteiger partial charge in [-0.1, -0.05) is 72.8 Å². The molecule has 0 radical (unpaired) electrons. The molecule has 3 rings (SSSR count). The summed E-state index contributed by atoms with van der Waals surface area (Å²) in [5, 5.41) is 11.0. The molecule has 2 heteroatoms. The summed E-state index contributed by atoms with van der Waals surface area (Å²) in [6.45, 7) is 4.83. The molecular weight excluding hydrogens is 306 g/mol. The van der Waals surface area contributed by atoms with Gasteiger partial charge in [0, 0.05) is 29.3 Å². The van der Waals surface area contributed by atoms with Gasteiger partial charge in [-0.05, 0) is 31.0 Å². The van der Waals surface area contributed by atoms with Crippen LogP contribution in [-0.4, -0.2) is 17.9 Å². The van der Waals surface area contributed by atoms with Crippen LogP contribution in [-0.2, 0) is 5.41 Å². The second-order valence-electron chi connectivity index (χ2n) is 6.23. The molecule has 0 aliphatic carbocycles. The maximum atomic E-state index is 11.0. The summed E-state index contributed by atoms with van der Waals surface area (Å²) in [4.78, 5) is 4.29. The van der Waals surface area contributed by atoms with Crippen molar-refractivity contribution in [2.24, 2.45) is 4.99 Å². The van der Waals surface area contributed by atoms with Gasteiger partial charge in [-0.2, -0.15) is 0 Å². The second-order valence-corrected chi connectivity index (χ2v) is 6.23. The highest BCUT2D eigenvalue weighted by atomic mass is 16.3. The van der Waals surface area contributed by atoms with E-state index in [-0.39, 0.29) is 5.75 Å². The summed E-state index contributed by atoms with van der Waals surface area (Å²) in [6.07, 6.45) is 1.75. The zero-order valence-electron chi connectivity index (χ0n) is 14.7. The number of hydrogen-bond acceptors (Lipinski definition) is 2. The lowest BCUT2D eigenvalue weighted by molar-refractivity contribution is 0.456. The molecule has 0 saturated carbocycles. The standard InChI is InChI=1S/C23H23NO/c1-3-24-17-18-11-10-16-21(22(18)25)23(2,19-12-6-4-7-13-19)20-14-8-5-9-15-20/h4-17,25H,3H2,1-2H3. The topological polar surface area (TPSA) is 32.6 Å². The van der Waals surface area contributed by atoms with Gasteiger partial charge in [-0.3, -0.25) is 4.99 Å². The average Bonchev–Trinajstić information content (AvgIpc) is 2.68. The van der Waals surface area contributed by atoms with Gasteiger partial charge >= 0.3 is 0 Å². The molecule has 0 aromatic heterocycles. The summed E-state index contributed by atoms with van der Waals surface area (Å²) in [6, 6.07) is 26.5. The normalized spacial score (nSPS) is 11.8. The van der Waals surface area contributed by atoms with Crippen molar-refractivity contribution < 1.29 is 5.11 Å². The van der Waals surface area contributed by atoms with Crippen LogP contribution in [0, 0.1) is 0 Å². The number of hydrogen-bond donors (Lipinski definition) is 1. The number of aliphatic imine (C=N–C) groups is 1. The van der Waals surface area contributed by atoms with Gasteiger partial charge in [-0.25, -0.2) is 0 Å². The van der Waals surface area contributed by atoms with Gasteiger partial charge in [0.25, 0.3) is 0 Å². The van der Waals surface area contributed by atoms with Crippen molar-refractivity contribution in [3.63, 3.8) is 0 Å². The van der Waals surface area contributed by atoms with Gasteiger partial charge in [-0.15, -0.1) is 0 Å². The lowest BCUT2D eigenvalue weighted by atomic mass is 9.70. The minimum Gasteiger partial charge on any atom is -0.507 e. The number of phenols is 1. The van der Waals surface area contributed by atoms with Crippen LogP contribution in [0.15, 0.2) is 83.9 Å². The van der Waals surface area contributed by atoms with Crippen LogP contribution in [0.3, 0.4) is 0 Å². The van der Waals surface area contributed by atoms with Crippen molar-refractivity contribution in [1.29, 1.82) is 0 Å². The van der Waals surface area contributed by atoms with Crippen LogP contribution >= 0.6 is 0 Å². The first-order chi connectivity index (χ1) is 12.2. The molecule has 3 aromatic rings. The van der Waals surface area contributed by atoms with Crippen LogP contribution in [0.25, 0.3) is 0 Å². The van der Waals surface area contributed by atoms with E-state index in [1.54, 1.807) is 6.21 Å². The fourth-order valence-electron chi connectivity index (χ4n) is 3.28. The largest absolute Gasteiger partial charge is 0.507 e. The van der Waals surface area contributed by atoms with Crippen molar-refractivity contribution in [3.05, 3.63) is 101 Å². The Hall–Kier alpha value is -2.87. The maximum Gasteiger partial charge on any atom is 0.128 e. The Bertz CT molecular complexity index is 814. The van der Waals surface area contributed by atoms with E-state index in [2.05, 4.69) is 36.2 Å². The lowest BCUT2D eigenvalue weighted by Crippen LogP contribution is -2.25. The van der Waals surface area contributed by atoms with Gasteiger partial charge in [0.1, 0.15) is 5.75 Å². The summed E-state index contributed by atoms with van der Waals surface area (Å²) in [7, 11) is 0. The van der Waals surface area contributed by atoms with Crippen LogP contribution in [0.1, 0.15) is 36.1 Å². The summed E-state index contributed by atoms with van der Waals surface area (Å²) < 4.78 is 0. The van der Waals surface area contributed by atoms with Crippen molar-refractivity contribution in [2.45, 2.75) is 19.3 Å². The number of benzene rings is 3. The first-order valence-electron chi connectivity index (χ1n) is 8.61. The Morgan fingerprint density at radius 2 is 1.40 bits per heavy atom. The zero-order valence-corrected chi connectivity index (χ0v) is 14.7. The summed E-state index contributed by atoms with van der Waals surface area (Å²) in [5.74, 6) is 0.287. The van der Waals surface area contributed by atoms with E-state index >= 15 is 0 Å². The minimum absolute atomic E-state index is 0.287.